The van der Waals surface area contributed by atoms with E-state index in [9.17, 15) is 5.11 Å². The maximum Gasteiger partial charge on any atom is 0.494 e. The highest BCUT2D eigenvalue weighted by molar-refractivity contribution is 6.62. The molecular weight excluding hydrogens is 243 g/mol. The third kappa shape index (κ3) is 2.50. The second kappa shape index (κ2) is 4.82. The molecule has 1 heterocycles. The van der Waals surface area contributed by atoms with Gasteiger partial charge in [-0.05, 0) is 39.2 Å². The SMILES string of the molecule is COc1cc(B2OC(C)(C)C(C)(C)O2)ccc1CO. The van der Waals surface area contributed by atoms with E-state index in [0.717, 1.165) is 11.0 Å². The van der Waals surface area contributed by atoms with Crippen LogP contribution >= 0.6 is 0 Å². The monoisotopic (exact) mass is 264 g/mol. The molecule has 5 heteroatoms. The van der Waals surface area contributed by atoms with Gasteiger partial charge in [-0.3, -0.25) is 0 Å². The highest BCUT2D eigenvalue weighted by Crippen LogP contribution is 2.36. The van der Waals surface area contributed by atoms with E-state index in [4.69, 9.17) is 14.0 Å². The van der Waals surface area contributed by atoms with Crippen LogP contribution in [0.5, 0.6) is 5.75 Å². The van der Waals surface area contributed by atoms with Gasteiger partial charge in [0.25, 0.3) is 0 Å². The molecule has 1 aromatic carbocycles. The number of aliphatic hydroxyl groups excluding tert-OH is 1. The topological polar surface area (TPSA) is 47.9 Å². The average molecular weight is 264 g/mol. The summed E-state index contributed by atoms with van der Waals surface area (Å²) in [5.74, 6) is 0.648. The first-order valence-electron chi connectivity index (χ1n) is 6.44. The number of hydrogen-bond acceptors (Lipinski definition) is 4. The summed E-state index contributed by atoms with van der Waals surface area (Å²) in [7, 11) is 1.18. The Hall–Kier alpha value is -1.04. The normalized spacial score (nSPS) is 20.6. The van der Waals surface area contributed by atoms with E-state index in [1.807, 2.05) is 45.9 Å². The zero-order valence-corrected chi connectivity index (χ0v) is 12.2. The van der Waals surface area contributed by atoms with Crippen LogP contribution in [0.15, 0.2) is 18.2 Å². The van der Waals surface area contributed by atoms with Crippen molar-refractivity contribution in [1.82, 2.24) is 0 Å². The van der Waals surface area contributed by atoms with Crippen LogP contribution in [0.2, 0.25) is 0 Å². The summed E-state index contributed by atoms with van der Waals surface area (Å²) in [5.41, 5.74) is 0.927. The van der Waals surface area contributed by atoms with Gasteiger partial charge >= 0.3 is 7.12 Å². The van der Waals surface area contributed by atoms with Gasteiger partial charge in [0.15, 0.2) is 0 Å². The second-order valence-corrected chi connectivity index (χ2v) is 5.82. The summed E-state index contributed by atoms with van der Waals surface area (Å²) in [6, 6.07) is 5.59. The quantitative estimate of drug-likeness (QED) is 0.840. The molecule has 0 aromatic heterocycles. The smallest absolute Gasteiger partial charge is 0.494 e. The zero-order chi connectivity index (χ0) is 14.3. The van der Waals surface area contributed by atoms with Gasteiger partial charge in [-0.2, -0.15) is 0 Å². The van der Waals surface area contributed by atoms with Gasteiger partial charge in [-0.1, -0.05) is 12.1 Å². The van der Waals surface area contributed by atoms with Crippen molar-refractivity contribution in [2.24, 2.45) is 0 Å². The summed E-state index contributed by atoms with van der Waals surface area (Å²) in [6.45, 7) is 8.03. The van der Waals surface area contributed by atoms with Crippen molar-refractivity contribution in [3.05, 3.63) is 23.8 Å². The zero-order valence-electron chi connectivity index (χ0n) is 12.2. The first-order chi connectivity index (χ1) is 8.80. The van der Waals surface area contributed by atoms with Crippen LogP contribution in [-0.2, 0) is 15.9 Å². The molecular formula is C14H21BO4. The van der Waals surface area contributed by atoms with Crippen LogP contribution in [0.1, 0.15) is 33.3 Å². The Morgan fingerprint density at radius 1 is 1.16 bits per heavy atom. The number of methoxy groups -OCH3 is 1. The molecule has 0 atom stereocenters. The maximum absolute atomic E-state index is 9.23. The Morgan fingerprint density at radius 2 is 1.74 bits per heavy atom. The molecule has 0 amide bonds. The van der Waals surface area contributed by atoms with E-state index in [-0.39, 0.29) is 17.8 Å². The maximum atomic E-state index is 9.23. The largest absolute Gasteiger partial charge is 0.496 e. The third-order valence-corrected chi connectivity index (χ3v) is 4.01. The van der Waals surface area contributed by atoms with Crippen molar-refractivity contribution < 1.29 is 19.2 Å². The first-order valence-corrected chi connectivity index (χ1v) is 6.44. The Balaban J connectivity index is 2.30. The standard InChI is InChI=1S/C14H21BO4/c1-13(2)14(3,4)19-15(18-13)11-7-6-10(9-16)12(8-11)17-5/h6-8,16H,9H2,1-5H3. The first kappa shape index (κ1) is 14.4. The van der Waals surface area contributed by atoms with Crippen molar-refractivity contribution >= 4 is 12.6 Å². The lowest BCUT2D eigenvalue weighted by molar-refractivity contribution is 0.00578. The van der Waals surface area contributed by atoms with Gasteiger partial charge in [-0.15, -0.1) is 0 Å². The summed E-state index contributed by atoms with van der Waals surface area (Å²) in [4.78, 5) is 0. The number of hydrogen-bond donors (Lipinski definition) is 1. The number of rotatable bonds is 3. The Bertz CT molecular complexity index is 455. The molecule has 0 aliphatic carbocycles. The van der Waals surface area contributed by atoms with Crippen LogP contribution in [0, 0.1) is 0 Å². The minimum absolute atomic E-state index is 0.0488. The van der Waals surface area contributed by atoms with Crippen LogP contribution in [0.4, 0.5) is 0 Å². The van der Waals surface area contributed by atoms with Crippen LogP contribution < -0.4 is 10.2 Å². The van der Waals surface area contributed by atoms with Crippen molar-refractivity contribution in [3.63, 3.8) is 0 Å². The molecule has 0 saturated carbocycles. The molecule has 2 rings (SSSR count). The molecule has 19 heavy (non-hydrogen) atoms. The van der Waals surface area contributed by atoms with E-state index in [0.29, 0.717) is 5.75 Å². The third-order valence-electron chi connectivity index (χ3n) is 4.01. The van der Waals surface area contributed by atoms with E-state index >= 15 is 0 Å². The van der Waals surface area contributed by atoms with Crippen LogP contribution in [0.25, 0.3) is 0 Å². The number of aliphatic hydroxyl groups is 1. The number of ether oxygens (including phenoxy) is 1. The molecule has 0 radical (unpaired) electrons. The molecule has 104 valence electrons. The molecule has 1 saturated heterocycles. The Labute approximate surface area is 114 Å². The predicted molar refractivity (Wildman–Crippen MR) is 74.6 cm³/mol. The van der Waals surface area contributed by atoms with Gasteiger partial charge in [0.1, 0.15) is 5.75 Å². The fourth-order valence-electron chi connectivity index (χ4n) is 2.02. The second-order valence-electron chi connectivity index (χ2n) is 5.82. The molecule has 1 aliphatic rings. The lowest BCUT2D eigenvalue weighted by Crippen LogP contribution is -2.41. The molecule has 0 spiro atoms. The van der Waals surface area contributed by atoms with Crippen molar-refractivity contribution in [2.75, 3.05) is 7.11 Å². The Morgan fingerprint density at radius 3 is 2.21 bits per heavy atom. The summed E-state index contributed by atoms with van der Waals surface area (Å²) in [6.07, 6.45) is 0. The molecule has 1 aromatic rings. The van der Waals surface area contributed by atoms with E-state index in [1.165, 1.54) is 0 Å². The van der Waals surface area contributed by atoms with Gasteiger partial charge < -0.3 is 19.2 Å². The molecule has 0 bridgehead atoms. The van der Waals surface area contributed by atoms with Crippen molar-refractivity contribution in [3.8, 4) is 5.75 Å². The molecule has 1 N–H and O–H groups in total. The van der Waals surface area contributed by atoms with Crippen molar-refractivity contribution in [2.45, 2.75) is 45.5 Å². The fraction of sp³-hybridized carbons (Fsp3) is 0.571. The van der Waals surface area contributed by atoms with E-state index in [2.05, 4.69) is 0 Å². The van der Waals surface area contributed by atoms with E-state index < -0.39 is 7.12 Å². The summed E-state index contributed by atoms with van der Waals surface area (Å²) in [5, 5.41) is 9.23. The average Bonchev–Trinajstić information content (AvgIpc) is 2.57. The lowest BCUT2D eigenvalue weighted by atomic mass is 9.78. The van der Waals surface area contributed by atoms with Gasteiger partial charge in [0.2, 0.25) is 0 Å². The summed E-state index contributed by atoms with van der Waals surface area (Å²) < 4.78 is 17.2. The van der Waals surface area contributed by atoms with E-state index in [1.54, 1.807) is 7.11 Å². The van der Waals surface area contributed by atoms with Crippen molar-refractivity contribution in [1.29, 1.82) is 0 Å². The van der Waals surface area contributed by atoms with Gasteiger partial charge in [0, 0.05) is 5.56 Å². The molecule has 1 aliphatic heterocycles. The molecule has 1 fully saturated rings. The molecule has 0 unspecified atom stereocenters. The molecule has 4 nitrogen and oxygen atoms in total. The minimum atomic E-state index is -0.411. The lowest BCUT2D eigenvalue weighted by Gasteiger charge is -2.32. The number of benzene rings is 1. The highest BCUT2D eigenvalue weighted by Gasteiger charge is 2.51. The fourth-order valence-corrected chi connectivity index (χ4v) is 2.02. The summed E-state index contributed by atoms with van der Waals surface area (Å²) >= 11 is 0. The Kier molecular flexibility index (Phi) is 3.64. The highest BCUT2D eigenvalue weighted by atomic mass is 16.7. The van der Waals surface area contributed by atoms with Gasteiger partial charge in [-0.25, -0.2) is 0 Å². The van der Waals surface area contributed by atoms with Crippen LogP contribution in [-0.4, -0.2) is 30.5 Å². The minimum Gasteiger partial charge on any atom is -0.496 e. The predicted octanol–water partition coefficient (Wildman–Crippen LogP) is 1.49. The van der Waals surface area contributed by atoms with Crippen LogP contribution in [0.3, 0.4) is 0 Å². The van der Waals surface area contributed by atoms with Gasteiger partial charge in [0.05, 0.1) is 24.9 Å².